The number of carbonyl (C=O) groups is 2. The third-order valence-corrected chi connectivity index (χ3v) is 4.30. The molecule has 1 unspecified atom stereocenters. The second kappa shape index (κ2) is 5.46. The number of nitrogens with one attached hydrogen (secondary N) is 1. The maximum absolute atomic E-state index is 12.3. The number of aromatic amines is 1. The molecule has 2 rings (SSSR count). The number of carboxylic acid groups (broad SMARTS) is 1. The van der Waals surface area contributed by atoms with Gasteiger partial charge in [-0.1, -0.05) is 0 Å². The smallest absolute Gasteiger partial charge is 0.354 e. The van der Waals surface area contributed by atoms with Crippen LogP contribution in [-0.2, 0) is 0 Å². The minimum absolute atomic E-state index is 0.0693. The molecule has 0 fully saturated rings. The molecule has 0 radical (unpaired) electrons. The molecule has 2 aromatic heterocycles. The van der Waals surface area contributed by atoms with E-state index < -0.39 is 11.9 Å². The highest BCUT2D eigenvalue weighted by atomic mass is 32.1. The largest absolute Gasteiger partial charge is 0.477 e. The van der Waals surface area contributed by atoms with Crippen LogP contribution in [0.15, 0.2) is 18.5 Å². The van der Waals surface area contributed by atoms with Crippen LogP contribution in [0, 0.1) is 6.92 Å². The first-order chi connectivity index (χ1) is 9.41. The fourth-order valence-corrected chi connectivity index (χ4v) is 2.80. The SMILES string of the molecule is Cc1ccc(C(C)N(C)C(=O)c2nc[nH]c2C(=O)O)s1. The lowest BCUT2D eigenvalue weighted by Crippen LogP contribution is -2.30. The molecule has 1 atom stereocenters. The van der Waals surface area contributed by atoms with Crippen LogP contribution < -0.4 is 0 Å². The Kier molecular flexibility index (Phi) is 3.89. The van der Waals surface area contributed by atoms with Gasteiger partial charge in [-0.3, -0.25) is 4.79 Å². The lowest BCUT2D eigenvalue weighted by Gasteiger charge is -2.23. The maximum Gasteiger partial charge on any atom is 0.354 e. The number of imidazole rings is 1. The van der Waals surface area contributed by atoms with Crippen LogP contribution in [-0.4, -0.2) is 38.9 Å². The number of rotatable bonds is 4. The Morgan fingerprint density at radius 3 is 2.70 bits per heavy atom. The normalized spacial score (nSPS) is 12.2. The Bertz CT molecular complexity index is 647. The van der Waals surface area contributed by atoms with Crippen LogP contribution >= 0.6 is 11.3 Å². The van der Waals surface area contributed by atoms with E-state index in [2.05, 4.69) is 9.97 Å². The van der Waals surface area contributed by atoms with Crippen molar-refractivity contribution in [3.8, 4) is 0 Å². The predicted molar refractivity (Wildman–Crippen MR) is 75.1 cm³/mol. The molecule has 106 valence electrons. The van der Waals surface area contributed by atoms with Gasteiger partial charge in [-0.05, 0) is 26.0 Å². The Labute approximate surface area is 120 Å². The Morgan fingerprint density at radius 2 is 2.15 bits per heavy atom. The Morgan fingerprint density at radius 1 is 1.45 bits per heavy atom. The molecule has 0 aliphatic carbocycles. The van der Waals surface area contributed by atoms with Gasteiger partial charge in [-0.2, -0.15) is 0 Å². The summed E-state index contributed by atoms with van der Waals surface area (Å²) in [6.45, 7) is 3.90. The summed E-state index contributed by atoms with van der Waals surface area (Å²) in [4.78, 5) is 33.3. The van der Waals surface area contributed by atoms with E-state index in [-0.39, 0.29) is 17.4 Å². The van der Waals surface area contributed by atoms with Crippen LogP contribution in [0.3, 0.4) is 0 Å². The van der Waals surface area contributed by atoms with Crippen molar-refractivity contribution in [2.75, 3.05) is 7.05 Å². The number of amides is 1. The van der Waals surface area contributed by atoms with Crippen molar-refractivity contribution in [3.05, 3.63) is 39.6 Å². The standard InChI is InChI=1S/C13H15N3O3S/c1-7-4-5-9(20-7)8(2)16(3)12(17)10-11(13(18)19)15-6-14-10/h4-6,8H,1-3H3,(H,14,15)(H,18,19). The highest BCUT2D eigenvalue weighted by Gasteiger charge is 2.26. The zero-order chi connectivity index (χ0) is 14.9. The van der Waals surface area contributed by atoms with Crippen molar-refractivity contribution >= 4 is 23.2 Å². The average molecular weight is 293 g/mol. The number of hydrogen-bond donors (Lipinski definition) is 2. The quantitative estimate of drug-likeness (QED) is 0.905. The first-order valence-electron chi connectivity index (χ1n) is 6.02. The molecule has 0 saturated heterocycles. The molecule has 0 bridgehead atoms. The number of aromatic nitrogens is 2. The minimum Gasteiger partial charge on any atom is -0.477 e. The lowest BCUT2D eigenvalue weighted by molar-refractivity contribution is 0.0665. The molecule has 0 aliphatic heterocycles. The number of H-pyrrole nitrogens is 1. The summed E-state index contributed by atoms with van der Waals surface area (Å²) < 4.78 is 0. The Hall–Kier alpha value is -2.15. The minimum atomic E-state index is -1.20. The van der Waals surface area contributed by atoms with Gasteiger partial charge in [0.15, 0.2) is 11.4 Å². The van der Waals surface area contributed by atoms with Gasteiger partial charge < -0.3 is 15.0 Å². The topological polar surface area (TPSA) is 86.3 Å². The third kappa shape index (κ3) is 2.57. The van der Waals surface area contributed by atoms with Gasteiger partial charge in [-0.15, -0.1) is 11.3 Å². The Balaban J connectivity index is 2.24. The summed E-state index contributed by atoms with van der Waals surface area (Å²) in [5.41, 5.74) is -0.253. The predicted octanol–water partition coefficient (Wildman–Crippen LogP) is 2.31. The second-order valence-electron chi connectivity index (χ2n) is 4.47. The highest BCUT2D eigenvalue weighted by Crippen LogP contribution is 2.27. The molecule has 2 N–H and O–H groups in total. The van der Waals surface area contributed by atoms with Gasteiger partial charge in [0.25, 0.3) is 5.91 Å². The highest BCUT2D eigenvalue weighted by molar-refractivity contribution is 7.12. The summed E-state index contributed by atoms with van der Waals surface area (Å²) in [6, 6.07) is 3.82. The zero-order valence-corrected chi connectivity index (χ0v) is 12.2. The van der Waals surface area contributed by atoms with Gasteiger partial charge in [0.2, 0.25) is 0 Å². The van der Waals surface area contributed by atoms with E-state index >= 15 is 0 Å². The number of hydrogen-bond acceptors (Lipinski definition) is 4. The molecule has 2 aromatic rings. The molecule has 7 heteroatoms. The van der Waals surface area contributed by atoms with Crippen LogP contribution in [0.5, 0.6) is 0 Å². The maximum atomic E-state index is 12.3. The van der Waals surface area contributed by atoms with E-state index in [4.69, 9.17) is 5.11 Å². The molecular formula is C13H15N3O3S. The van der Waals surface area contributed by atoms with E-state index in [1.165, 1.54) is 16.1 Å². The van der Waals surface area contributed by atoms with Crippen LogP contribution in [0.1, 0.15) is 43.7 Å². The molecule has 0 spiro atoms. The monoisotopic (exact) mass is 293 g/mol. The van der Waals surface area contributed by atoms with E-state index in [1.807, 2.05) is 26.0 Å². The van der Waals surface area contributed by atoms with Crippen molar-refractivity contribution in [3.63, 3.8) is 0 Å². The van der Waals surface area contributed by atoms with Crippen molar-refractivity contribution in [1.29, 1.82) is 0 Å². The van der Waals surface area contributed by atoms with Gasteiger partial charge in [0, 0.05) is 16.8 Å². The van der Waals surface area contributed by atoms with Crippen molar-refractivity contribution < 1.29 is 14.7 Å². The van der Waals surface area contributed by atoms with Crippen molar-refractivity contribution in [1.82, 2.24) is 14.9 Å². The number of thiophene rings is 1. The molecule has 0 aromatic carbocycles. The van der Waals surface area contributed by atoms with Gasteiger partial charge in [0.1, 0.15) is 0 Å². The van der Waals surface area contributed by atoms with E-state index in [0.717, 1.165) is 4.88 Å². The van der Waals surface area contributed by atoms with Crippen LogP contribution in [0.2, 0.25) is 0 Å². The summed E-state index contributed by atoms with van der Waals surface area (Å²) in [7, 11) is 1.64. The molecule has 20 heavy (non-hydrogen) atoms. The summed E-state index contributed by atoms with van der Waals surface area (Å²) >= 11 is 1.61. The molecular weight excluding hydrogens is 278 g/mol. The zero-order valence-electron chi connectivity index (χ0n) is 11.4. The van der Waals surface area contributed by atoms with Gasteiger partial charge in [0.05, 0.1) is 12.4 Å². The first-order valence-corrected chi connectivity index (χ1v) is 6.83. The fourth-order valence-electron chi connectivity index (χ4n) is 1.83. The molecule has 1 amide bonds. The molecule has 2 heterocycles. The third-order valence-electron chi connectivity index (χ3n) is 3.13. The van der Waals surface area contributed by atoms with Crippen LogP contribution in [0.25, 0.3) is 0 Å². The number of aromatic carboxylic acids is 1. The van der Waals surface area contributed by atoms with Crippen molar-refractivity contribution in [2.24, 2.45) is 0 Å². The lowest BCUT2D eigenvalue weighted by atomic mass is 10.2. The first kappa shape index (κ1) is 14.3. The van der Waals surface area contributed by atoms with Gasteiger partial charge in [-0.25, -0.2) is 9.78 Å². The molecule has 0 saturated carbocycles. The average Bonchev–Trinajstić information content (AvgIpc) is 3.04. The van der Waals surface area contributed by atoms with Gasteiger partial charge >= 0.3 is 5.97 Å². The van der Waals surface area contributed by atoms with Crippen molar-refractivity contribution in [2.45, 2.75) is 19.9 Å². The van der Waals surface area contributed by atoms with Crippen LogP contribution in [0.4, 0.5) is 0 Å². The molecule has 6 nitrogen and oxygen atoms in total. The number of carboxylic acids is 1. The number of carbonyl (C=O) groups excluding carboxylic acids is 1. The number of aryl methyl sites for hydroxylation is 1. The summed E-state index contributed by atoms with van der Waals surface area (Å²) in [5.74, 6) is -1.61. The van der Waals surface area contributed by atoms with E-state index in [0.29, 0.717) is 0 Å². The summed E-state index contributed by atoms with van der Waals surface area (Å²) in [6.07, 6.45) is 1.21. The van der Waals surface area contributed by atoms with E-state index in [1.54, 1.807) is 18.4 Å². The number of nitrogens with zero attached hydrogens (tertiary/aromatic N) is 2. The summed E-state index contributed by atoms with van der Waals surface area (Å²) in [5, 5.41) is 9.00. The fraction of sp³-hybridized carbons (Fsp3) is 0.308. The van der Waals surface area contributed by atoms with E-state index in [9.17, 15) is 9.59 Å². The second-order valence-corrected chi connectivity index (χ2v) is 5.79. The molecule has 0 aliphatic rings.